The minimum absolute atomic E-state index is 0.134. The van der Waals surface area contributed by atoms with E-state index in [0.717, 1.165) is 11.8 Å². The first-order chi connectivity index (χ1) is 10.8. The van der Waals surface area contributed by atoms with Crippen LogP contribution in [0, 0.1) is 5.92 Å². The Morgan fingerprint density at radius 1 is 1.00 bits per heavy atom. The van der Waals surface area contributed by atoms with Crippen LogP contribution in [0.4, 0.5) is 0 Å². The third kappa shape index (κ3) is 4.42. The topological polar surface area (TPSA) is 63.2 Å². The summed E-state index contributed by atoms with van der Waals surface area (Å²) in [5, 5.41) is 2.99. The van der Waals surface area contributed by atoms with Crippen LogP contribution in [-0.4, -0.2) is 20.6 Å². The monoisotopic (exact) mass is 331 g/mol. The highest BCUT2D eigenvalue weighted by atomic mass is 32.2. The van der Waals surface area contributed by atoms with E-state index in [1.807, 2.05) is 44.2 Å². The summed E-state index contributed by atoms with van der Waals surface area (Å²) >= 11 is 0. The molecule has 2 aromatic rings. The van der Waals surface area contributed by atoms with E-state index in [0.29, 0.717) is 5.56 Å². The molecule has 4 nitrogen and oxygen atoms in total. The minimum atomic E-state index is -3.34. The lowest BCUT2D eigenvalue weighted by atomic mass is 9.95. The maximum atomic E-state index is 12.5. The predicted octanol–water partition coefficient (Wildman–Crippen LogP) is 3.22. The average Bonchev–Trinajstić information content (AvgIpc) is 2.52. The minimum Gasteiger partial charge on any atom is -0.345 e. The molecule has 0 saturated carbocycles. The highest BCUT2D eigenvalue weighted by Crippen LogP contribution is 2.22. The van der Waals surface area contributed by atoms with Crippen molar-refractivity contribution < 1.29 is 13.2 Å². The second kappa shape index (κ2) is 6.96. The number of rotatable bonds is 5. The number of carbonyl (C=O) groups excluding carboxylic acids is 1. The molecule has 1 amide bonds. The van der Waals surface area contributed by atoms with Crippen molar-refractivity contribution in [2.45, 2.75) is 24.8 Å². The lowest BCUT2D eigenvalue weighted by molar-refractivity contribution is 0.0925. The van der Waals surface area contributed by atoms with Gasteiger partial charge in [-0.2, -0.15) is 0 Å². The Morgan fingerprint density at radius 2 is 1.65 bits per heavy atom. The number of nitrogens with one attached hydrogen (secondary N) is 1. The molecule has 122 valence electrons. The van der Waals surface area contributed by atoms with E-state index in [1.54, 1.807) is 12.1 Å². The van der Waals surface area contributed by atoms with Crippen LogP contribution in [0.3, 0.4) is 0 Å². The highest BCUT2D eigenvalue weighted by molar-refractivity contribution is 7.90. The van der Waals surface area contributed by atoms with Crippen LogP contribution >= 0.6 is 0 Å². The van der Waals surface area contributed by atoms with E-state index in [4.69, 9.17) is 0 Å². The van der Waals surface area contributed by atoms with Gasteiger partial charge in [0.1, 0.15) is 0 Å². The molecular weight excluding hydrogens is 310 g/mol. The smallest absolute Gasteiger partial charge is 0.251 e. The largest absolute Gasteiger partial charge is 0.345 e. The van der Waals surface area contributed by atoms with Gasteiger partial charge in [-0.25, -0.2) is 8.42 Å². The van der Waals surface area contributed by atoms with E-state index in [1.165, 1.54) is 12.1 Å². The predicted molar refractivity (Wildman–Crippen MR) is 91.0 cm³/mol. The molecule has 0 aliphatic heterocycles. The maximum Gasteiger partial charge on any atom is 0.251 e. The Labute approximate surface area is 137 Å². The molecule has 0 spiro atoms. The van der Waals surface area contributed by atoms with Crippen LogP contribution in [0.25, 0.3) is 0 Å². The molecule has 0 aliphatic rings. The first-order valence-corrected chi connectivity index (χ1v) is 9.34. The van der Waals surface area contributed by atoms with Gasteiger partial charge >= 0.3 is 0 Å². The van der Waals surface area contributed by atoms with Gasteiger partial charge in [-0.1, -0.05) is 50.2 Å². The van der Waals surface area contributed by atoms with Crippen LogP contribution in [0.5, 0.6) is 0 Å². The molecule has 0 aliphatic carbocycles. The van der Waals surface area contributed by atoms with Gasteiger partial charge < -0.3 is 5.32 Å². The zero-order valence-electron chi connectivity index (χ0n) is 13.5. The van der Waals surface area contributed by atoms with Gasteiger partial charge in [0.25, 0.3) is 5.91 Å². The Hall–Kier alpha value is -2.14. The van der Waals surface area contributed by atoms with Crippen molar-refractivity contribution in [2.24, 2.45) is 5.92 Å². The van der Waals surface area contributed by atoms with E-state index < -0.39 is 9.84 Å². The van der Waals surface area contributed by atoms with Crippen molar-refractivity contribution in [3.8, 4) is 0 Å². The van der Waals surface area contributed by atoms with Crippen molar-refractivity contribution in [1.82, 2.24) is 5.32 Å². The summed E-state index contributed by atoms with van der Waals surface area (Å²) in [6.45, 7) is 4.07. The summed E-state index contributed by atoms with van der Waals surface area (Å²) in [6, 6.07) is 15.7. The Kier molecular flexibility index (Phi) is 5.21. The van der Waals surface area contributed by atoms with E-state index >= 15 is 0 Å². The summed E-state index contributed by atoms with van der Waals surface area (Å²) in [5.41, 5.74) is 1.37. The number of carbonyl (C=O) groups is 1. The molecule has 23 heavy (non-hydrogen) atoms. The van der Waals surface area contributed by atoms with Crippen LogP contribution in [0.2, 0.25) is 0 Å². The first kappa shape index (κ1) is 17.2. The van der Waals surface area contributed by atoms with Gasteiger partial charge in [0.05, 0.1) is 10.9 Å². The van der Waals surface area contributed by atoms with E-state index in [-0.39, 0.29) is 22.8 Å². The van der Waals surface area contributed by atoms with Gasteiger partial charge in [-0.3, -0.25) is 4.79 Å². The van der Waals surface area contributed by atoms with Gasteiger partial charge in [-0.05, 0) is 29.7 Å². The molecule has 1 N–H and O–H groups in total. The normalized spacial score (nSPS) is 12.9. The van der Waals surface area contributed by atoms with Crippen molar-refractivity contribution in [3.63, 3.8) is 0 Å². The lowest BCUT2D eigenvalue weighted by Gasteiger charge is -2.23. The molecule has 2 rings (SSSR count). The van der Waals surface area contributed by atoms with Crippen molar-refractivity contribution in [3.05, 3.63) is 65.7 Å². The molecule has 1 atom stereocenters. The second-order valence-electron chi connectivity index (χ2n) is 5.91. The van der Waals surface area contributed by atoms with Crippen molar-refractivity contribution in [1.29, 1.82) is 0 Å². The van der Waals surface area contributed by atoms with E-state index in [9.17, 15) is 13.2 Å². The van der Waals surface area contributed by atoms with E-state index in [2.05, 4.69) is 5.32 Å². The summed E-state index contributed by atoms with van der Waals surface area (Å²) in [6.07, 6.45) is 1.13. The third-order valence-corrected chi connectivity index (χ3v) is 4.75. The standard InChI is InChI=1S/C18H21NO3S/c1-13(2)17(14-8-5-4-6-9-14)19-18(20)15-10-7-11-16(12-15)23(3,21)22/h4-13,17H,1-3H3,(H,19,20)/t17-/m1/s1. The van der Waals surface area contributed by atoms with Gasteiger partial charge in [-0.15, -0.1) is 0 Å². The first-order valence-electron chi connectivity index (χ1n) is 7.45. The fourth-order valence-corrected chi connectivity index (χ4v) is 3.05. The molecule has 0 radical (unpaired) electrons. The number of hydrogen-bond donors (Lipinski definition) is 1. The summed E-state index contributed by atoms with van der Waals surface area (Å²) in [5.74, 6) is -0.0718. The fourth-order valence-electron chi connectivity index (χ4n) is 2.39. The number of hydrogen-bond acceptors (Lipinski definition) is 3. The molecular formula is C18H21NO3S. The Bertz CT molecular complexity index is 783. The fraction of sp³-hybridized carbons (Fsp3) is 0.278. The summed E-state index contributed by atoms with van der Waals surface area (Å²) in [7, 11) is -3.34. The van der Waals surface area contributed by atoms with Gasteiger partial charge in [0.2, 0.25) is 0 Å². The Morgan fingerprint density at radius 3 is 2.22 bits per heavy atom. The molecule has 5 heteroatoms. The maximum absolute atomic E-state index is 12.5. The molecule has 0 heterocycles. The highest BCUT2D eigenvalue weighted by Gasteiger charge is 2.19. The Balaban J connectivity index is 2.27. The van der Waals surface area contributed by atoms with Crippen molar-refractivity contribution in [2.75, 3.05) is 6.26 Å². The van der Waals surface area contributed by atoms with Gasteiger partial charge in [0.15, 0.2) is 9.84 Å². The van der Waals surface area contributed by atoms with Crippen LogP contribution < -0.4 is 5.32 Å². The molecule has 2 aromatic carbocycles. The molecule has 0 saturated heterocycles. The molecule has 0 aromatic heterocycles. The van der Waals surface area contributed by atoms with Crippen molar-refractivity contribution >= 4 is 15.7 Å². The zero-order chi connectivity index (χ0) is 17.0. The SMILES string of the molecule is CC(C)[C@@H](NC(=O)c1cccc(S(C)(=O)=O)c1)c1ccccc1. The molecule has 0 fully saturated rings. The van der Waals surface area contributed by atoms with Crippen LogP contribution in [0.1, 0.15) is 35.8 Å². The molecule has 0 bridgehead atoms. The number of amides is 1. The third-order valence-electron chi connectivity index (χ3n) is 3.64. The van der Waals surface area contributed by atoms with Gasteiger partial charge in [0, 0.05) is 11.8 Å². The molecule has 0 unspecified atom stereocenters. The van der Waals surface area contributed by atoms with Crippen LogP contribution in [-0.2, 0) is 9.84 Å². The summed E-state index contributed by atoms with van der Waals surface area (Å²) < 4.78 is 23.3. The second-order valence-corrected chi connectivity index (χ2v) is 7.92. The van der Waals surface area contributed by atoms with Crippen LogP contribution in [0.15, 0.2) is 59.5 Å². The zero-order valence-corrected chi connectivity index (χ0v) is 14.3. The quantitative estimate of drug-likeness (QED) is 0.915. The number of sulfone groups is 1. The average molecular weight is 331 g/mol. The summed E-state index contributed by atoms with van der Waals surface area (Å²) in [4.78, 5) is 12.7. The lowest BCUT2D eigenvalue weighted by Crippen LogP contribution is -2.31. The number of benzene rings is 2.